The van der Waals surface area contributed by atoms with E-state index in [1.165, 1.54) is 11.1 Å². The standard InChI is InChI=1S/C22H22N4O4/c27-20-11-17(15-6-7-18-19(10-15)30-9-8-29-18)25-21-16(13-24-26(20)21)22(28)23-12-14-4-2-1-3-5-14/h1-7,10-11,16,21,24-25H,8-9,12-13H2,(H,23,28). The second-order valence-electron chi connectivity index (χ2n) is 7.39. The van der Waals surface area contributed by atoms with Gasteiger partial charge in [0.1, 0.15) is 19.4 Å². The highest BCUT2D eigenvalue weighted by Gasteiger charge is 2.43. The van der Waals surface area contributed by atoms with Gasteiger partial charge in [0, 0.05) is 30.4 Å². The number of rotatable bonds is 4. The number of hydrogen-bond acceptors (Lipinski definition) is 6. The Bertz CT molecular complexity index is 1010. The molecule has 2 aromatic rings. The average molecular weight is 406 g/mol. The van der Waals surface area contributed by atoms with Gasteiger partial charge in [-0.05, 0) is 23.8 Å². The topological polar surface area (TPSA) is 91.9 Å². The number of carbonyl (C=O) groups is 2. The summed E-state index contributed by atoms with van der Waals surface area (Å²) in [5.41, 5.74) is 5.52. The van der Waals surface area contributed by atoms with Crippen LogP contribution >= 0.6 is 0 Å². The molecule has 0 aliphatic carbocycles. The van der Waals surface area contributed by atoms with Crippen LogP contribution in [0.1, 0.15) is 11.1 Å². The maximum atomic E-state index is 12.8. The molecular formula is C22H22N4O4. The fourth-order valence-electron chi connectivity index (χ4n) is 3.89. The summed E-state index contributed by atoms with van der Waals surface area (Å²) >= 11 is 0. The molecule has 1 fully saturated rings. The van der Waals surface area contributed by atoms with Crippen molar-refractivity contribution in [3.8, 4) is 11.5 Å². The normalized spacial score (nSPS) is 22.1. The lowest BCUT2D eigenvalue weighted by molar-refractivity contribution is -0.132. The Kier molecular flexibility index (Phi) is 4.76. The van der Waals surface area contributed by atoms with E-state index in [-0.39, 0.29) is 11.8 Å². The van der Waals surface area contributed by atoms with Crippen molar-refractivity contribution in [1.82, 2.24) is 21.1 Å². The second kappa shape index (κ2) is 7.72. The van der Waals surface area contributed by atoms with E-state index in [4.69, 9.17) is 9.47 Å². The highest BCUT2D eigenvalue weighted by Crippen LogP contribution is 2.34. The number of ether oxygens (including phenoxy) is 2. The van der Waals surface area contributed by atoms with Crippen molar-refractivity contribution in [2.45, 2.75) is 12.7 Å². The lowest BCUT2D eigenvalue weighted by atomic mass is 10.0. The SMILES string of the molecule is O=C(NCc1ccccc1)C1CNN2C(=O)C=C(c3ccc4c(c3)OCCO4)NC12. The first kappa shape index (κ1) is 18.5. The van der Waals surface area contributed by atoms with Crippen LogP contribution in [0.2, 0.25) is 0 Å². The molecule has 3 aliphatic rings. The lowest BCUT2D eigenvalue weighted by Gasteiger charge is -2.33. The van der Waals surface area contributed by atoms with Crippen molar-refractivity contribution in [2.24, 2.45) is 5.92 Å². The number of hydrogen-bond donors (Lipinski definition) is 3. The first-order valence-electron chi connectivity index (χ1n) is 9.95. The number of nitrogens with one attached hydrogen (secondary N) is 3. The molecule has 1 saturated heterocycles. The van der Waals surface area contributed by atoms with Crippen molar-refractivity contribution in [3.05, 3.63) is 65.7 Å². The van der Waals surface area contributed by atoms with E-state index in [9.17, 15) is 9.59 Å². The molecule has 2 atom stereocenters. The van der Waals surface area contributed by atoms with Crippen LogP contribution in [0.4, 0.5) is 0 Å². The molecule has 0 bridgehead atoms. The van der Waals surface area contributed by atoms with Crippen LogP contribution in [0.5, 0.6) is 11.5 Å². The minimum Gasteiger partial charge on any atom is -0.486 e. The molecule has 3 heterocycles. The monoisotopic (exact) mass is 406 g/mol. The Hall–Kier alpha value is -3.52. The second-order valence-corrected chi connectivity index (χ2v) is 7.39. The molecule has 30 heavy (non-hydrogen) atoms. The van der Waals surface area contributed by atoms with E-state index in [1.54, 1.807) is 0 Å². The zero-order valence-corrected chi connectivity index (χ0v) is 16.3. The summed E-state index contributed by atoms with van der Waals surface area (Å²) < 4.78 is 11.2. The van der Waals surface area contributed by atoms with Crippen LogP contribution in [-0.2, 0) is 16.1 Å². The van der Waals surface area contributed by atoms with Gasteiger partial charge in [-0.1, -0.05) is 30.3 Å². The maximum Gasteiger partial charge on any atom is 0.264 e. The predicted molar refractivity (Wildman–Crippen MR) is 109 cm³/mol. The zero-order valence-electron chi connectivity index (χ0n) is 16.3. The van der Waals surface area contributed by atoms with Crippen molar-refractivity contribution < 1.29 is 19.1 Å². The molecular weight excluding hydrogens is 384 g/mol. The third-order valence-electron chi connectivity index (χ3n) is 5.45. The molecule has 8 nitrogen and oxygen atoms in total. The van der Waals surface area contributed by atoms with Gasteiger partial charge in [-0.25, -0.2) is 5.43 Å². The van der Waals surface area contributed by atoms with Gasteiger partial charge in [0.2, 0.25) is 5.91 Å². The maximum absolute atomic E-state index is 12.8. The number of carbonyl (C=O) groups excluding carboxylic acids is 2. The molecule has 2 amide bonds. The highest BCUT2D eigenvalue weighted by atomic mass is 16.6. The van der Waals surface area contributed by atoms with E-state index in [0.717, 1.165) is 11.1 Å². The van der Waals surface area contributed by atoms with Gasteiger partial charge in [-0.3, -0.25) is 14.6 Å². The fourth-order valence-corrected chi connectivity index (χ4v) is 3.89. The number of fused-ring (bicyclic) bond motifs is 2. The van der Waals surface area contributed by atoms with Crippen LogP contribution in [0.3, 0.4) is 0 Å². The number of benzene rings is 2. The molecule has 3 aliphatic heterocycles. The quantitative estimate of drug-likeness (QED) is 0.702. The first-order valence-corrected chi connectivity index (χ1v) is 9.95. The third kappa shape index (κ3) is 3.46. The van der Waals surface area contributed by atoms with Gasteiger partial charge in [0.15, 0.2) is 11.5 Å². The van der Waals surface area contributed by atoms with Crippen LogP contribution in [-0.4, -0.2) is 42.7 Å². The van der Waals surface area contributed by atoms with Gasteiger partial charge < -0.3 is 20.1 Å². The van der Waals surface area contributed by atoms with Gasteiger partial charge in [0.25, 0.3) is 5.91 Å². The largest absolute Gasteiger partial charge is 0.486 e. The van der Waals surface area contributed by atoms with Crippen LogP contribution in [0.15, 0.2) is 54.6 Å². The molecule has 0 saturated carbocycles. The summed E-state index contributed by atoms with van der Waals surface area (Å²) in [6, 6.07) is 15.3. The summed E-state index contributed by atoms with van der Waals surface area (Å²) in [6.45, 7) is 1.84. The molecule has 2 aromatic carbocycles. The summed E-state index contributed by atoms with van der Waals surface area (Å²) in [7, 11) is 0. The van der Waals surface area contributed by atoms with Crippen LogP contribution < -0.4 is 25.5 Å². The number of hydrazine groups is 1. The summed E-state index contributed by atoms with van der Waals surface area (Å²) in [5, 5.41) is 7.80. The fraction of sp³-hybridized carbons (Fsp3) is 0.273. The molecule has 8 heteroatoms. The van der Waals surface area contributed by atoms with Gasteiger partial charge in [-0.15, -0.1) is 0 Å². The molecule has 0 aromatic heterocycles. The predicted octanol–water partition coefficient (Wildman–Crippen LogP) is 1.01. The van der Waals surface area contributed by atoms with Crippen molar-refractivity contribution in [1.29, 1.82) is 0 Å². The average Bonchev–Trinajstić information content (AvgIpc) is 3.22. The molecule has 5 rings (SSSR count). The minimum absolute atomic E-state index is 0.109. The minimum atomic E-state index is -0.471. The molecule has 2 unspecified atom stereocenters. The first-order chi connectivity index (χ1) is 14.7. The van der Waals surface area contributed by atoms with Crippen molar-refractivity contribution in [3.63, 3.8) is 0 Å². The Morgan fingerprint density at radius 3 is 2.73 bits per heavy atom. The number of nitrogens with zero attached hydrogens (tertiary/aromatic N) is 1. The van der Waals surface area contributed by atoms with Crippen molar-refractivity contribution >= 4 is 17.5 Å². The van der Waals surface area contributed by atoms with E-state index >= 15 is 0 Å². The van der Waals surface area contributed by atoms with E-state index in [1.807, 2.05) is 48.5 Å². The third-order valence-corrected chi connectivity index (χ3v) is 5.45. The summed E-state index contributed by atoms with van der Waals surface area (Å²) in [6.07, 6.45) is 1.06. The van der Waals surface area contributed by atoms with Gasteiger partial charge >= 0.3 is 0 Å². The summed E-state index contributed by atoms with van der Waals surface area (Å²) in [5.74, 6) is 0.622. The van der Waals surface area contributed by atoms with Crippen molar-refractivity contribution in [2.75, 3.05) is 19.8 Å². The van der Waals surface area contributed by atoms with Crippen LogP contribution in [0, 0.1) is 5.92 Å². The molecule has 3 N–H and O–H groups in total. The Balaban J connectivity index is 1.32. The van der Waals surface area contributed by atoms with E-state index in [0.29, 0.717) is 43.5 Å². The van der Waals surface area contributed by atoms with E-state index < -0.39 is 12.1 Å². The highest BCUT2D eigenvalue weighted by molar-refractivity contribution is 5.97. The smallest absolute Gasteiger partial charge is 0.264 e. The lowest BCUT2D eigenvalue weighted by Crippen LogP contribution is -2.54. The number of amides is 2. The Morgan fingerprint density at radius 2 is 1.90 bits per heavy atom. The summed E-state index contributed by atoms with van der Waals surface area (Å²) in [4.78, 5) is 25.5. The Labute approximate surface area is 173 Å². The van der Waals surface area contributed by atoms with Gasteiger partial charge in [-0.2, -0.15) is 0 Å². The van der Waals surface area contributed by atoms with Crippen LogP contribution in [0.25, 0.3) is 5.70 Å². The zero-order chi connectivity index (χ0) is 20.5. The van der Waals surface area contributed by atoms with E-state index in [2.05, 4.69) is 16.1 Å². The molecule has 154 valence electrons. The van der Waals surface area contributed by atoms with Gasteiger partial charge in [0.05, 0.1) is 5.92 Å². The molecule has 0 radical (unpaired) electrons. The Morgan fingerprint density at radius 1 is 1.10 bits per heavy atom. The molecule has 0 spiro atoms.